The lowest BCUT2D eigenvalue weighted by molar-refractivity contribution is -0.384. The Morgan fingerprint density at radius 3 is 2.47 bits per heavy atom. The molecule has 0 aliphatic rings. The number of carboxylic acid groups (broad SMARTS) is 1. The molecule has 0 heterocycles. The Labute approximate surface area is 188 Å². The molecule has 2 N–H and O–H groups in total. The minimum absolute atomic E-state index is 0.00975. The fraction of sp³-hybridized carbons (Fsp3) is 0.0909. The second kappa shape index (κ2) is 10.3. The van der Waals surface area contributed by atoms with Gasteiger partial charge in [0.25, 0.3) is 5.69 Å². The number of nitrogens with one attached hydrogen (secondary N) is 1. The number of hydrogen-bond donors (Lipinski definition) is 2. The van der Waals surface area contributed by atoms with Gasteiger partial charge in [-0.3, -0.25) is 15.5 Å². The minimum atomic E-state index is -0.998. The maximum absolute atomic E-state index is 10.9. The van der Waals surface area contributed by atoms with Gasteiger partial charge >= 0.3 is 5.97 Å². The van der Waals surface area contributed by atoms with E-state index in [4.69, 9.17) is 26.2 Å². The first kappa shape index (κ1) is 22.6. The summed E-state index contributed by atoms with van der Waals surface area (Å²) in [5.74, 6) is -0.254. The normalized spacial score (nSPS) is 10.7. The summed E-state index contributed by atoms with van der Waals surface area (Å²) in [6.45, 7) is 0.172. The van der Waals surface area contributed by atoms with E-state index in [1.165, 1.54) is 37.6 Å². The largest absolute Gasteiger partial charge is 0.493 e. The summed E-state index contributed by atoms with van der Waals surface area (Å²) in [4.78, 5) is 21.2. The average Bonchev–Trinajstić information content (AvgIpc) is 2.78. The van der Waals surface area contributed by atoms with Crippen LogP contribution in [0.25, 0.3) is 0 Å². The van der Waals surface area contributed by atoms with Gasteiger partial charge in [-0.25, -0.2) is 4.79 Å². The second-order valence-electron chi connectivity index (χ2n) is 6.50. The van der Waals surface area contributed by atoms with Crippen molar-refractivity contribution < 1.29 is 24.3 Å². The zero-order chi connectivity index (χ0) is 23.1. The van der Waals surface area contributed by atoms with Crippen LogP contribution in [-0.4, -0.2) is 29.3 Å². The van der Waals surface area contributed by atoms with Crippen molar-refractivity contribution in [3.63, 3.8) is 0 Å². The number of methoxy groups -OCH3 is 1. The molecule has 0 aliphatic heterocycles. The van der Waals surface area contributed by atoms with Gasteiger partial charge in [-0.05, 0) is 47.5 Å². The lowest BCUT2D eigenvalue weighted by Gasteiger charge is -2.13. The topological polar surface area (TPSA) is 123 Å². The summed E-state index contributed by atoms with van der Waals surface area (Å²) in [6, 6.07) is 15.5. The predicted molar refractivity (Wildman–Crippen MR) is 120 cm³/mol. The van der Waals surface area contributed by atoms with E-state index < -0.39 is 10.9 Å². The number of halogens is 1. The molecule has 0 aromatic heterocycles. The van der Waals surface area contributed by atoms with Crippen molar-refractivity contribution in [1.29, 1.82) is 0 Å². The first-order valence-corrected chi connectivity index (χ1v) is 9.61. The highest BCUT2D eigenvalue weighted by Gasteiger charge is 2.12. The van der Waals surface area contributed by atoms with Crippen LogP contribution in [0, 0.1) is 10.1 Å². The number of non-ortho nitro benzene ring substituents is 1. The third kappa shape index (κ3) is 5.73. The van der Waals surface area contributed by atoms with Crippen molar-refractivity contribution in [3.05, 3.63) is 92.5 Å². The lowest BCUT2D eigenvalue weighted by atomic mass is 10.1. The highest BCUT2D eigenvalue weighted by Crippen LogP contribution is 2.36. The van der Waals surface area contributed by atoms with Gasteiger partial charge in [0.15, 0.2) is 11.5 Å². The van der Waals surface area contributed by atoms with Crippen molar-refractivity contribution in [2.75, 3.05) is 12.5 Å². The molecule has 0 unspecified atom stereocenters. The summed E-state index contributed by atoms with van der Waals surface area (Å²) in [7, 11) is 1.48. The molecule has 0 atom stereocenters. The van der Waals surface area contributed by atoms with Crippen LogP contribution in [0.5, 0.6) is 11.5 Å². The predicted octanol–water partition coefficient (Wildman–Crippen LogP) is 4.98. The molecule has 32 heavy (non-hydrogen) atoms. The molecule has 0 saturated heterocycles. The number of carboxylic acids is 1. The number of ether oxygens (including phenoxy) is 2. The van der Waals surface area contributed by atoms with Crippen LogP contribution in [-0.2, 0) is 6.61 Å². The van der Waals surface area contributed by atoms with Crippen LogP contribution in [0.3, 0.4) is 0 Å². The van der Waals surface area contributed by atoms with Gasteiger partial charge in [-0.2, -0.15) is 5.10 Å². The van der Waals surface area contributed by atoms with Crippen molar-refractivity contribution in [2.45, 2.75) is 6.61 Å². The molecule has 3 aromatic rings. The molecule has 0 bridgehead atoms. The number of rotatable bonds is 9. The van der Waals surface area contributed by atoms with Gasteiger partial charge < -0.3 is 14.6 Å². The standard InChI is InChI=1S/C22H18ClN3O6/c1-31-20-11-15(12-24-25-17-6-8-18(9-7-17)26(29)30)10-19(23)21(20)32-13-14-2-4-16(5-3-14)22(27)28/h2-12,25H,13H2,1H3,(H,27,28)/b24-12+. The Bertz CT molecular complexity index is 1150. The van der Waals surface area contributed by atoms with Gasteiger partial charge in [0.2, 0.25) is 0 Å². The summed E-state index contributed by atoms with van der Waals surface area (Å²) in [6.07, 6.45) is 1.52. The Morgan fingerprint density at radius 2 is 1.88 bits per heavy atom. The van der Waals surface area contributed by atoms with Gasteiger partial charge in [0.1, 0.15) is 6.61 Å². The molecule has 0 amide bonds. The fourth-order valence-electron chi connectivity index (χ4n) is 2.69. The van der Waals surface area contributed by atoms with E-state index in [1.54, 1.807) is 36.4 Å². The Balaban J connectivity index is 1.67. The van der Waals surface area contributed by atoms with Gasteiger partial charge in [-0.15, -0.1) is 0 Å². The van der Waals surface area contributed by atoms with E-state index in [0.717, 1.165) is 5.56 Å². The summed E-state index contributed by atoms with van der Waals surface area (Å²) < 4.78 is 11.2. The van der Waals surface area contributed by atoms with E-state index >= 15 is 0 Å². The number of hydrazone groups is 1. The second-order valence-corrected chi connectivity index (χ2v) is 6.91. The van der Waals surface area contributed by atoms with Crippen molar-refractivity contribution in [3.8, 4) is 11.5 Å². The zero-order valence-corrected chi connectivity index (χ0v) is 17.6. The van der Waals surface area contributed by atoms with E-state index in [-0.39, 0.29) is 17.9 Å². The molecule has 0 aliphatic carbocycles. The number of nitrogens with zero attached hydrogens (tertiary/aromatic N) is 2. The highest BCUT2D eigenvalue weighted by atomic mass is 35.5. The van der Waals surface area contributed by atoms with E-state index in [2.05, 4.69) is 10.5 Å². The number of nitro groups is 1. The molecule has 0 radical (unpaired) electrons. The average molecular weight is 456 g/mol. The zero-order valence-electron chi connectivity index (χ0n) is 16.8. The van der Waals surface area contributed by atoms with Crippen LogP contribution in [0.2, 0.25) is 5.02 Å². The smallest absolute Gasteiger partial charge is 0.335 e. The minimum Gasteiger partial charge on any atom is -0.493 e. The highest BCUT2D eigenvalue weighted by molar-refractivity contribution is 6.32. The SMILES string of the molecule is COc1cc(/C=N/Nc2ccc([N+](=O)[O-])cc2)cc(Cl)c1OCc1ccc(C(=O)O)cc1. The summed E-state index contributed by atoms with van der Waals surface area (Å²) in [5, 5.41) is 24.1. The van der Waals surface area contributed by atoms with Crippen LogP contribution in [0.15, 0.2) is 65.8 Å². The molecule has 9 nitrogen and oxygen atoms in total. The molecule has 0 saturated carbocycles. The maximum atomic E-state index is 10.9. The monoisotopic (exact) mass is 455 g/mol. The number of anilines is 1. The summed E-state index contributed by atoms with van der Waals surface area (Å²) >= 11 is 6.36. The van der Waals surface area contributed by atoms with Gasteiger partial charge in [0.05, 0.1) is 34.5 Å². The van der Waals surface area contributed by atoms with Crippen LogP contribution in [0.1, 0.15) is 21.5 Å². The van der Waals surface area contributed by atoms with Crippen LogP contribution in [0.4, 0.5) is 11.4 Å². The number of hydrogen-bond acceptors (Lipinski definition) is 7. The van der Waals surface area contributed by atoms with Crippen molar-refractivity contribution >= 4 is 35.2 Å². The van der Waals surface area contributed by atoms with Crippen LogP contribution >= 0.6 is 11.6 Å². The third-order valence-electron chi connectivity index (χ3n) is 4.32. The molecule has 3 rings (SSSR count). The molecule has 3 aromatic carbocycles. The van der Waals surface area contributed by atoms with E-state index in [1.807, 2.05) is 0 Å². The Hall–Kier alpha value is -4.11. The number of carbonyl (C=O) groups is 1. The van der Waals surface area contributed by atoms with Gasteiger partial charge in [-0.1, -0.05) is 23.7 Å². The molecule has 10 heteroatoms. The maximum Gasteiger partial charge on any atom is 0.335 e. The lowest BCUT2D eigenvalue weighted by Crippen LogP contribution is -2.01. The number of aromatic carboxylic acids is 1. The van der Waals surface area contributed by atoms with Crippen molar-refractivity contribution in [1.82, 2.24) is 0 Å². The first-order valence-electron chi connectivity index (χ1n) is 9.23. The third-order valence-corrected chi connectivity index (χ3v) is 4.60. The molecular formula is C22H18ClN3O6. The van der Waals surface area contributed by atoms with Gasteiger partial charge in [0, 0.05) is 12.1 Å². The molecule has 164 valence electrons. The molecular weight excluding hydrogens is 438 g/mol. The fourth-order valence-corrected chi connectivity index (χ4v) is 2.97. The first-order chi connectivity index (χ1) is 15.4. The molecule has 0 spiro atoms. The Kier molecular flexibility index (Phi) is 7.25. The Morgan fingerprint density at radius 1 is 1.19 bits per heavy atom. The summed E-state index contributed by atoms with van der Waals surface area (Å²) in [5.41, 5.74) is 4.95. The van der Waals surface area contributed by atoms with Crippen LogP contribution < -0.4 is 14.9 Å². The number of benzene rings is 3. The quantitative estimate of drug-likeness (QED) is 0.265. The number of nitro benzene ring substituents is 1. The van der Waals surface area contributed by atoms with E-state index in [9.17, 15) is 14.9 Å². The molecule has 0 fully saturated rings. The van der Waals surface area contributed by atoms with E-state index in [0.29, 0.717) is 27.8 Å². The van der Waals surface area contributed by atoms with Crippen molar-refractivity contribution in [2.24, 2.45) is 5.10 Å².